The van der Waals surface area contributed by atoms with Crippen molar-refractivity contribution in [3.8, 4) is 0 Å². The van der Waals surface area contributed by atoms with E-state index in [0.717, 1.165) is 18.2 Å². The molecule has 0 amide bonds. The second kappa shape index (κ2) is 6.79. The van der Waals surface area contributed by atoms with Crippen LogP contribution >= 0.6 is 0 Å². The van der Waals surface area contributed by atoms with Crippen molar-refractivity contribution in [2.75, 3.05) is 31.6 Å². The van der Waals surface area contributed by atoms with E-state index in [1.54, 1.807) is 10.8 Å². The van der Waals surface area contributed by atoms with Gasteiger partial charge >= 0.3 is 0 Å². The van der Waals surface area contributed by atoms with Crippen LogP contribution in [0.3, 0.4) is 0 Å². The van der Waals surface area contributed by atoms with Crippen LogP contribution in [0, 0.1) is 12.8 Å². The molecule has 2 heterocycles. The van der Waals surface area contributed by atoms with Crippen molar-refractivity contribution in [1.29, 1.82) is 0 Å². The van der Waals surface area contributed by atoms with Crippen molar-refractivity contribution < 1.29 is 5.11 Å². The first-order valence-corrected chi connectivity index (χ1v) is 8.34. The van der Waals surface area contributed by atoms with Crippen molar-refractivity contribution in [1.82, 2.24) is 14.5 Å². The zero-order chi connectivity index (χ0) is 15.5. The number of nitrogens with one attached hydrogen (secondary N) is 1. The second-order valence-corrected chi connectivity index (χ2v) is 6.54. The van der Waals surface area contributed by atoms with Crippen LogP contribution in [0.2, 0.25) is 0 Å². The molecule has 1 atom stereocenters. The number of aliphatic hydroxyl groups excluding tert-OH is 1. The normalized spacial score (nSPS) is 22.2. The Hall–Kier alpha value is -1.40. The molecule has 122 valence electrons. The molecule has 0 aromatic carbocycles. The Balaban J connectivity index is 1.63. The molecule has 2 fully saturated rings. The second-order valence-electron chi connectivity index (χ2n) is 6.54. The topological polar surface area (TPSA) is 70.4 Å². The van der Waals surface area contributed by atoms with Crippen LogP contribution in [-0.4, -0.2) is 51.8 Å². The van der Waals surface area contributed by atoms with Crippen LogP contribution in [0.5, 0.6) is 0 Å². The number of aryl methyl sites for hydroxylation is 1. The summed E-state index contributed by atoms with van der Waals surface area (Å²) in [5.41, 5.74) is 0.640. The average Bonchev–Trinajstić information content (AvgIpc) is 3.21. The highest BCUT2D eigenvalue weighted by Gasteiger charge is 2.30. The predicted octanol–water partition coefficient (Wildman–Crippen LogP) is 0.830. The molecule has 1 aliphatic carbocycles. The molecule has 0 radical (unpaired) electrons. The summed E-state index contributed by atoms with van der Waals surface area (Å²) in [4.78, 5) is 19.2. The molecule has 22 heavy (non-hydrogen) atoms. The zero-order valence-corrected chi connectivity index (χ0v) is 13.3. The van der Waals surface area contributed by atoms with Crippen LogP contribution in [0.25, 0.3) is 0 Å². The van der Waals surface area contributed by atoms with Gasteiger partial charge in [-0.3, -0.25) is 9.69 Å². The maximum atomic E-state index is 12.4. The average molecular weight is 306 g/mol. The zero-order valence-electron chi connectivity index (χ0n) is 13.3. The molecule has 6 nitrogen and oxygen atoms in total. The lowest BCUT2D eigenvalue weighted by Gasteiger charge is -2.24. The van der Waals surface area contributed by atoms with E-state index in [1.807, 2.05) is 6.92 Å². The van der Waals surface area contributed by atoms with E-state index in [4.69, 9.17) is 5.11 Å². The van der Waals surface area contributed by atoms with Crippen LogP contribution in [0.4, 0.5) is 5.82 Å². The number of nitrogens with zero attached hydrogens (tertiary/aromatic N) is 3. The van der Waals surface area contributed by atoms with E-state index in [9.17, 15) is 4.79 Å². The smallest absolute Gasteiger partial charge is 0.293 e. The van der Waals surface area contributed by atoms with Crippen LogP contribution < -0.4 is 10.9 Å². The monoisotopic (exact) mass is 306 g/mol. The molecular weight excluding hydrogens is 280 g/mol. The molecule has 1 aromatic rings. The summed E-state index contributed by atoms with van der Waals surface area (Å²) in [6, 6.07) is 0.509. The summed E-state index contributed by atoms with van der Waals surface area (Å²) in [7, 11) is 0. The molecule has 0 spiro atoms. The van der Waals surface area contributed by atoms with Gasteiger partial charge in [0, 0.05) is 37.6 Å². The molecule has 2 aliphatic rings. The third kappa shape index (κ3) is 3.50. The van der Waals surface area contributed by atoms with Crippen molar-refractivity contribution >= 4 is 5.82 Å². The number of aliphatic hydroxyl groups is 1. The SMILES string of the molecule is Cc1cnc(NCC2CCCN2CC2CC2)c(=O)n1CCO. The highest BCUT2D eigenvalue weighted by atomic mass is 16.3. The largest absolute Gasteiger partial charge is 0.395 e. The number of hydrogen-bond donors (Lipinski definition) is 2. The summed E-state index contributed by atoms with van der Waals surface area (Å²) < 4.78 is 1.58. The maximum absolute atomic E-state index is 12.4. The number of anilines is 1. The van der Waals surface area contributed by atoms with Crippen molar-refractivity contribution in [3.63, 3.8) is 0 Å². The molecular formula is C16H26N4O2. The van der Waals surface area contributed by atoms with Gasteiger partial charge in [0.15, 0.2) is 5.82 Å². The lowest BCUT2D eigenvalue weighted by atomic mass is 10.2. The fraction of sp³-hybridized carbons (Fsp3) is 0.750. The van der Waals surface area contributed by atoms with Gasteiger partial charge in [-0.15, -0.1) is 0 Å². The van der Waals surface area contributed by atoms with Crippen molar-refractivity contribution in [2.24, 2.45) is 5.92 Å². The van der Waals surface area contributed by atoms with Gasteiger partial charge < -0.3 is 15.0 Å². The summed E-state index contributed by atoms with van der Waals surface area (Å²) >= 11 is 0. The summed E-state index contributed by atoms with van der Waals surface area (Å²) in [6.45, 7) is 5.28. The summed E-state index contributed by atoms with van der Waals surface area (Å²) in [5.74, 6) is 1.30. The minimum absolute atomic E-state index is 0.0397. The molecule has 1 unspecified atom stereocenters. The van der Waals surface area contributed by atoms with E-state index in [1.165, 1.54) is 38.8 Å². The van der Waals surface area contributed by atoms with Crippen LogP contribution in [0.1, 0.15) is 31.4 Å². The molecule has 1 saturated carbocycles. The lowest BCUT2D eigenvalue weighted by Crippen LogP contribution is -2.38. The lowest BCUT2D eigenvalue weighted by molar-refractivity contribution is 0.252. The van der Waals surface area contributed by atoms with Gasteiger partial charge in [-0.25, -0.2) is 4.98 Å². The molecule has 1 saturated heterocycles. The first-order chi connectivity index (χ1) is 10.7. The number of aromatic nitrogens is 2. The minimum Gasteiger partial charge on any atom is -0.395 e. The van der Waals surface area contributed by atoms with Gasteiger partial charge in [-0.1, -0.05) is 0 Å². The van der Waals surface area contributed by atoms with Gasteiger partial charge in [-0.2, -0.15) is 0 Å². The van der Waals surface area contributed by atoms with Gasteiger partial charge in [0.1, 0.15) is 0 Å². The maximum Gasteiger partial charge on any atom is 0.293 e. The number of rotatable bonds is 7. The Bertz CT molecular complexity index is 568. The van der Waals surface area contributed by atoms with Gasteiger partial charge in [0.05, 0.1) is 6.61 Å². The van der Waals surface area contributed by atoms with E-state index in [2.05, 4.69) is 15.2 Å². The first-order valence-electron chi connectivity index (χ1n) is 8.34. The standard InChI is InChI=1S/C16H26N4O2/c1-12-9-17-15(16(22)20(12)7-8-21)18-10-14-3-2-6-19(14)11-13-4-5-13/h9,13-14,21H,2-8,10-11H2,1H3,(H,17,18). The fourth-order valence-corrected chi connectivity index (χ4v) is 3.28. The highest BCUT2D eigenvalue weighted by Crippen LogP contribution is 2.32. The minimum atomic E-state index is -0.138. The van der Waals surface area contributed by atoms with Crippen LogP contribution in [0.15, 0.2) is 11.0 Å². The summed E-state index contributed by atoms with van der Waals surface area (Å²) in [6.07, 6.45) is 6.88. The predicted molar refractivity (Wildman–Crippen MR) is 86.1 cm³/mol. The van der Waals surface area contributed by atoms with E-state index in [-0.39, 0.29) is 12.2 Å². The fourth-order valence-electron chi connectivity index (χ4n) is 3.28. The van der Waals surface area contributed by atoms with Gasteiger partial charge in [0.25, 0.3) is 5.56 Å². The van der Waals surface area contributed by atoms with Crippen LogP contribution in [-0.2, 0) is 6.54 Å². The quantitative estimate of drug-likeness (QED) is 0.781. The van der Waals surface area contributed by atoms with Gasteiger partial charge in [0.2, 0.25) is 0 Å². The van der Waals surface area contributed by atoms with E-state index >= 15 is 0 Å². The number of likely N-dealkylation sites (tertiary alicyclic amines) is 1. The van der Waals surface area contributed by atoms with Gasteiger partial charge in [-0.05, 0) is 45.1 Å². The Kier molecular flexibility index (Phi) is 4.78. The van der Waals surface area contributed by atoms with Crippen molar-refractivity contribution in [3.05, 3.63) is 22.2 Å². The Morgan fingerprint density at radius 3 is 2.95 bits per heavy atom. The molecule has 2 N–H and O–H groups in total. The first kappa shape index (κ1) is 15.5. The third-order valence-electron chi connectivity index (χ3n) is 4.77. The Labute approximate surface area is 131 Å². The highest BCUT2D eigenvalue weighted by molar-refractivity contribution is 5.32. The van der Waals surface area contributed by atoms with Crippen molar-refractivity contribution in [2.45, 2.75) is 45.2 Å². The molecule has 1 aliphatic heterocycles. The number of hydrogen-bond acceptors (Lipinski definition) is 5. The Morgan fingerprint density at radius 1 is 1.41 bits per heavy atom. The Morgan fingerprint density at radius 2 is 2.23 bits per heavy atom. The molecule has 1 aromatic heterocycles. The summed E-state index contributed by atoms with van der Waals surface area (Å²) in [5, 5.41) is 12.3. The van der Waals surface area contributed by atoms with E-state index in [0.29, 0.717) is 18.4 Å². The van der Waals surface area contributed by atoms with E-state index < -0.39 is 0 Å². The molecule has 6 heteroatoms. The third-order valence-corrected chi connectivity index (χ3v) is 4.77. The molecule has 3 rings (SSSR count). The molecule has 0 bridgehead atoms.